The molecule has 2 heteroatoms. The Balaban J connectivity index is 2.09. The van der Waals surface area contributed by atoms with E-state index in [0.717, 1.165) is 22.4 Å². The van der Waals surface area contributed by atoms with Crippen LogP contribution in [0.2, 0.25) is 0 Å². The molecule has 0 bridgehead atoms. The van der Waals surface area contributed by atoms with Crippen molar-refractivity contribution in [2.75, 3.05) is 0 Å². The molecule has 1 aromatic carbocycles. The molecule has 1 aliphatic carbocycles. The van der Waals surface area contributed by atoms with Crippen molar-refractivity contribution >= 4 is 15.9 Å². The minimum atomic E-state index is 0.440. The maximum absolute atomic E-state index is 9.79. The summed E-state index contributed by atoms with van der Waals surface area (Å²) in [6.07, 6.45) is 7.76. The van der Waals surface area contributed by atoms with E-state index in [4.69, 9.17) is 0 Å². The number of rotatable bonds is 2. The normalized spacial score (nSPS) is 17.9. The van der Waals surface area contributed by atoms with Crippen LogP contribution < -0.4 is 0 Å². The van der Waals surface area contributed by atoms with Gasteiger partial charge in [0.1, 0.15) is 5.75 Å². The molecule has 0 aromatic heterocycles. The molecule has 1 aromatic rings. The molecule has 1 fully saturated rings. The lowest BCUT2D eigenvalue weighted by Gasteiger charge is -2.22. The molecule has 1 aliphatic rings. The van der Waals surface area contributed by atoms with Crippen LogP contribution in [0.5, 0.6) is 5.75 Å². The van der Waals surface area contributed by atoms with E-state index in [1.165, 1.54) is 32.1 Å². The predicted octanol–water partition coefficient (Wildman–Crippen LogP) is 4.28. The summed E-state index contributed by atoms with van der Waals surface area (Å²) < 4.78 is 1.05. The Labute approximate surface area is 99.6 Å². The van der Waals surface area contributed by atoms with Crippen LogP contribution in [0.25, 0.3) is 0 Å². The van der Waals surface area contributed by atoms with Gasteiger partial charge in [0.15, 0.2) is 0 Å². The number of halogens is 1. The molecule has 0 aliphatic heterocycles. The Morgan fingerprint density at radius 1 is 1.20 bits per heavy atom. The lowest BCUT2D eigenvalue weighted by Crippen LogP contribution is -2.09. The summed E-state index contributed by atoms with van der Waals surface area (Å²) in [5.41, 5.74) is 1.09. The molecular formula is C13H17BrO. The molecule has 0 heterocycles. The van der Waals surface area contributed by atoms with E-state index in [-0.39, 0.29) is 0 Å². The van der Waals surface area contributed by atoms with E-state index in [2.05, 4.69) is 15.9 Å². The van der Waals surface area contributed by atoms with Crippen LogP contribution >= 0.6 is 15.9 Å². The van der Waals surface area contributed by atoms with Crippen LogP contribution in [-0.2, 0) is 6.42 Å². The molecule has 0 atom stereocenters. The first-order valence-electron chi connectivity index (χ1n) is 5.73. The average molecular weight is 269 g/mol. The monoisotopic (exact) mass is 268 g/mol. The minimum Gasteiger partial charge on any atom is -0.508 e. The largest absolute Gasteiger partial charge is 0.508 e. The molecule has 0 saturated heterocycles. The fourth-order valence-corrected chi connectivity index (χ4v) is 2.95. The van der Waals surface area contributed by atoms with Gasteiger partial charge in [-0.2, -0.15) is 0 Å². The van der Waals surface area contributed by atoms with E-state index in [1.807, 2.05) is 12.1 Å². The van der Waals surface area contributed by atoms with Crippen LogP contribution in [0, 0.1) is 5.92 Å². The second-order valence-corrected chi connectivity index (χ2v) is 5.30. The highest BCUT2D eigenvalue weighted by Crippen LogP contribution is 2.33. The SMILES string of the molecule is Oc1cccc(Br)c1CC1CCCCC1. The van der Waals surface area contributed by atoms with Gasteiger partial charge in [0.2, 0.25) is 0 Å². The molecule has 2 rings (SSSR count). The number of benzene rings is 1. The zero-order valence-corrected chi connectivity index (χ0v) is 10.5. The molecule has 0 spiro atoms. The summed E-state index contributed by atoms with van der Waals surface area (Å²) in [6.45, 7) is 0. The van der Waals surface area contributed by atoms with E-state index >= 15 is 0 Å². The molecular weight excluding hydrogens is 252 g/mol. The van der Waals surface area contributed by atoms with Crippen molar-refractivity contribution in [1.29, 1.82) is 0 Å². The quantitative estimate of drug-likeness (QED) is 0.849. The van der Waals surface area contributed by atoms with Gasteiger partial charge in [-0.05, 0) is 24.5 Å². The van der Waals surface area contributed by atoms with Crippen molar-refractivity contribution < 1.29 is 5.11 Å². The van der Waals surface area contributed by atoms with Crippen molar-refractivity contribution in [3.8, 4) is 5.75 Å². The van der Waals surface area contributed by atoms with Crippen molar-refractivity contribution in [2.45, 2.75) is 38.5 Å². The van der Waals surface area contributed by atoms with Crippen molar-refractivity contribution in [3.05, 3.63) is 28.2 Å². The third-order valence-electron chi connectivity index (χ3n) is 3.31. The van der Waals surface area contributed by atoms with Crippen molar-refractivity contribution in [3.63, 3.8) is 0 Å². The highest BCUT2D eigenvalue weighted by molar-refractivity contribution is 9.10. The Kier molecular flexibility index (Phi) is 3.68. The van der Waals surface area contributed by atoms with Gasteiger partial charge in [0.25, 0.3) is 0 Å². The zero-order valence-electron chi connectivity index (χ0n) is 8.88. The summed E-state index contributed by atoms with van der Waals surface area (Å²) in [7, 11) is 0. The van der Waals surface area contributed by atoms with E-state index in [9.17, 15) is 5.11 Å². The van der Waals surface area contributed by atoms with E-state index in [0.29, 0.717) is 5.75 Å². The summed E-state index contributed by atoms with van der Waals surface area (Å²) in [5, 5.41) is 9.79. The number of phenols is 1. The summed E-state index contributed by atoms with van der Waals surface area (Å²) >= 11 is 3.51. The molecule has 0 unspecified atom stereocenters. The van der Waals surface area contributed by atoms with Gasteiger partial charge in [-0.25, -0.2) is 0 Å². The first-order chi connectivity index (χ1) is 7.27. The Morgan fingerprint density at radius 3 is 2.60 bits per heavy atom. The summed E-state index contributed by atoms with van der Waals surface area (Å²) in [4.78, 5) is 0. The third kappa shape index (κ3) is 2.75. The van der Waals surface area contributed by atoms with Crippen LogP contribution in [0.3, 0.4) is 0 Å². The van der Waals surface area contributed by atoms with Crippen LogP contribution in [0.1, 0.15) is 37.7 Å². The van der Waals surface area contributed by atoms with E-state index < -0.39 is 0 Å². The molecule has 82 valence electrons. The van der Waals surface area contributed by atoms with Gasteiger partial charge >= 0.3 is 0 Å². The van der Waals surface area contributed by atoms with Gasteiger partial charge in [-0.15, -0.1) is 0 Å². The van der Waals surface area contributed by atoms with Gasteiger partial charge in [0.05, 0.1) is 0 Å². The lowest BCUT2D eigenvalue weighted by atomic mass is 9.85. The Morgan fingerprint density at radius 2 is 1.93 bits per heavy atom. The smallest absolute Gasteiger partial charge is 0.119 e. The lowest BCUT2D eigenvalue weighted by molar-refractivity contribution is 0.351. The van der Waals surface area contributed by atoms with Gasteiger partial charge in [0, 0.05) is 10.0 Å². The highest BCUT2D eigenvalue weighted by atomic mass is 79.9. The Hall–Kier alpha value is -0.500. The first-order valence-corrected chi connectivity index (χ1v) is 6.53. The minimum absolute atomic E-state index is 0.440. The van der Waals surface area contributed by atoms with Crippen LogP contribution in [0.4, 0.5) is 0 Å². The van der Waals surface area contributed by atoms with Gasteiger partial charge in [-0.3, -0.25) is 0 Å². The second-order valence-electron chi connectivity index (χ2n) is 4.45. The maximum atomic E-state index is 9.79. The van der Waals surface area contributed by atoms with Gasteiger partial charge in [-0.1, -0.05) is 54.1 Å². The predicted molar refractivity (Wildman–Crippen MR) is 66.1 cm³/mol. The number of aromatic hydroxyl groups is 1. The number of phenolic OH excluding ortho intramolecular Hbond substituents is 1. The third-order valence-corrected chi connectivity index (χ3v) is 4.05. The Bertz CT molecular complexity index is 309. The van der Waals surface area contributed by atoms with E-state index in [1.54, 1.807) is 6.07 Å². The molecule has 1 saturated carbocycles. The van der Waals surface area contributed by atoms with Crippen molar-refractivity contribution in [2.24, 2.45) is 5.92 Å². The standard InChI is InChI=1S/C13H17BrO/c14-12-7-4-8-13(15)11(12)9-10-5-2-1-3-6-10/h4,7-8,10,15H,1-3,5-6,9H2. The molecule has 1 N–H and O–H groups in total. The second kappa shape index (κ2) is 5.02. The van der Waals surface area contributed by atoms with Crippen molar-refractivity contribution in [1.82, 2.24) is 0 Å². The molecule has 1 nitrogen and oxygen atoms in total. The fourth-order valence-electron chi connectivity index (χ4n) is 2.43. The first kappa shape index (κ1) is 11.0. The average Bonchev–Trinajstić information content (AvgIpc) is 2.25. The summed E-state index contributed by atoms with van der Waals surface area (Å²) in [6, 6.07) is 5.67. The molecule has 0 amide bonds. The number of hydrogen-bond acceptors (Lipinski definition) is 1. The fraction of sp³-hybridized carbons (Fsp3) is 0.538. The maximum Gasteiger partial charge on any atom is 0.119 e. The molecule has 0 radical (unpaired) electrons. The zero-order chi connectivity index (χ0) is 10.7. The summed E-state index contributed by atoms with van der Waals surface area (Å²) in [5.74, 6) is 1.21. The highest BCUT2D eigenvalue weighted by Gasteiger charge is 2.16. The molecule has 15 heavy (non-hydrogen) atoms. The topological polar surface area (TPSA) is 20.2 Å². The van der Waals surface area contributed by atoms with Crippen LogP contribution in [-0.4, -0.2) is 5.11 Å². The number of hydrogen-bond donors (Lipinski definition) is 1. The van der Waals surface area contributed by atoms with Crippen LogP contribution in [0.15, 0.2) is 22.7 Å². The van der Waals surface area contributed by atoms with Gasteiger partial charge < -0.3 is 5.11 Å².